The molecule has 0 aliphatic rings. The van der Waals surface area contributed by atoms with Gasteiger partial charge in [-0.05, 0) is 23.3 Å². The first-order valence-corrected chi connectivity index (χ1v) is 6.53. The number of benzene rings is 1. The molecule has 4 heteroatoms. The van der Waals surface area contributed by atoms with Crippen LogP contribution in [0.2, 0.25) is 0 Å². The number of Topliss-reactive ketones (excluding diaryl/α,β-unsaturated/α-hetero) is 1. The first-order valence-electron chi connectivity index (χ1n) is 4.08. The highest BCUT2D eigenvalue weighted by molar-refractivity contribution is 9.10. The van der Waals surface area contributed by atoms with Crippen molar-refractivity contribution < 1.29 is 4.79 Å². The Bertz CT molecular complexity index is 339. The lowest BCUT2D eigenvalue weighted by molar-refractivity contribution is -0.116. The van der Waals surface area contributed by atoms with Gasteiger partial charge in [-0.15, -0.1) is 11.6 Å². The van der Waals surface area contributed by atoms with Gasteiger partial charge in [-0.25, -0.2) is 0 Å². The van der Waals surface area contributed by atoms with E-state index >= 15 is 0 Å². The van der Waals surface area contributed by atoms with Crippen molar-refractivity contribution in [1.82, 2.24) is 0 Å². The van der Waals surface area contributed by atoms with Crippen LogP contribution in [0.15, 0.2) is 22.7 Å². The minimum atomic E-state index is 0.0520. The molecule has 0 spiro atoms. The van der Waals surface area contributed by atoms with E-state index in [1.165, 1.54) is 0 Å². The minimum absolute atomic E-state index is 0.0520. The fourth-order valence-corrected chi connectivity index (χ4v) is 2.18. The maximum Gasteiger partial charge on any atom is 0.151 e. The Labute approximate surface area is 105 Å². The van der Waals surface area contributed by atoms with Crippen molar-refractivity contribution in [1.29, 1.82) is 0 Å². The third-order valence-corrected chi connectivity index (χ3v) is 3.24. The van der Waals surface area contributed by atoms with Gasteiger partial charge in [-0.3, -0.25) is 4.79 Å². The van der Waals surface area contributed by atoms with Crippen molar-refractivity contribution in [3.8, 4) is 0 Å². The Hall–Kier alpha value is 0.140. The largest absolute Gasteiger partial charge is 0.298 e. The lowest BCUT2D eigenvalue weighted by Gasteiger charge is -2.06. The van der Waals surface area contributed by atoms with Crippen LogP contribution in [0.5, 0.6) is 0 Å². The van der Waals surface area contributed by atoms with Crippen LogP contribution in [0.3, 0.4) is 0 Å². The van der Waals surface area contributed by atoms with Crippen LogP contribution >= 0.6 is 43.5 Å². The van der Waals surface area contributed by atoms with Gasteiger partial charge in [-0.1, -0.05) is 37.9 Å². The average Bonchev–Trinajstić information content (AvgIpc) is 2.20. The summed E-state index contributed by atoms with van der Waals surface area (Å²) in [4.78, 5) is 11.2. The molecule has 0 heterocycles. The number of rotatable bonds is 4. The Morgan fingerprint density at radius 3 is 2.64 bits per heavy atom. The van der Waals surface area contributed by atoms with Crippen LogP contribution in [-0.4, -0.2) is 11.7 Å². The second kappa shape index (κ2) is 5.89. The number of hydrogen-bond donors (Lipinski definition) is 0. The van der Waals surface area contributed by atoms with Crippen LogP contribution in [0.1, 0.15) is 11.1 Å². The molecule has 0 bridgehead atoms. The van der Waals surface area contributed by atoms with Gasteiger partial charge in [0.2, 0.25) is 0 Å². The monoisotopic (exact) mass is 338 g/mol. The normalized spacial score (nSPS) is 10.2. The standard InChI is InChI=1S/C10H9Br2ClO/c11-5-8-3-9(12)2-1-7(8)4-10(14)6-13/h1-3H,4-6H2. The molecular formula is C10H9Br2ClO. The first kappa shape index (κ1) is 12.2. The van der Waals surface area contributed by atoms with Gasteiger partial charge in [0.05, 0.1) is 5.88 Å². The van der Waals surface area contributed by atoms with E-state index in [-0.39, 0.29) is 11.7 Å². The third kappa shape index (κ3) is 3.37. The lowest BCUT2D eigenvalue weighted by atomic mass is 10.0. The van der Waals surface area contributed by atoms with E-state index in [0.717, 1.165) is 20.9 Å². The average molecular weight is 340 g/mol. The van der Waals surface area contributed by atoms with Crippen LogP contribution in [0, 0.1) is 0 Å². The summed E-state index contributed by atoms with van der Waals surface area (Å²) in [6.45, 7) is 0. The van der Waals surface area contributed by atoms with Crippen LogP contribution in [-0.2, 0) is 16.5 Å². The van der Waals surface area contributed by atoms with E-state index in [4.69, 9.17) is 11.6 Å². The quantitative estimate of drug-likeness (QED) is 0.764. The van der Waals surface area contributed by atoms with Gasteiger partial charge >= 0.3 is 0 Å². The number of carbonyl (C=O) groups is 1. The summed E-state index contributed by atoms with van der Waals surface area (Å²) in [7, 11) is 0. The van der Waals surface area contributed by atoms with Gasteiger partial charge in [0, 0.05) is 16.2 Å². The van der Waals surface area contributed by atoms with E-state index in [9.17, 15) is 4.79 Å². The summed E-state index contributed by atoms with van der Waals surface area (Å²) in [5.41, 5.74) is 2.16. The van der Waals surface area contributed by atoms with Gasteiger partial charge in [-0.2, -0.15) is 0 Å². The summed E-state index contributed by atoms with van der Waals surface area (Å²) in [5, 5.41) is 0.747. The zero-order valence-corrected chi connectivity index (χ0v) is 11.3. The Balaban J connectivity index is 2.90. The minimum Gasteiger partial charge on any atom is -0.298 e. The molecule has 0 saturated carbocycles. The molecular weight excluding hydrogens is 331 g/mol. The number of halogens is 3. The predicted octanol–water partition coefficient (Wildman–Crippen LogP) is 3.69. The van der Waals surface area contributed by atoms with Crippen molar-refractivity contribution in [3.05, 3.63) is 33.8 Å². The smallest absolute Gasteiger partial charge is 0.151 e. The number of hydrogen-bond acceptors (Lipinski definition) is 1. The topological polar surface area (TPSA) is 17.1 Å². The number of alkyl halides is 2. The first-order chi connectivity index (χ1) is 6.67. The van der Waals surface area contributed by atoms with Crippen LogP contribution < -0.4 is 0 Å². The fourth-order valence-electron chi connectivity index (χ4n) is 1.15. The van der Waals surface area contributed by atoms with Gasteiger partial charge < -0.3 is 0 Å². The summed E-state index contributed by atoms with van der Waals surface area (Å²) in [6.07, 6.45) is 0.414. The molecule has 1 nitrogen and oxygen atoms in total. The molecule has 0 radical (unpaired) electrons. The molecule has 0 aromatic heterocycles. The van der Waals surface area contributed by atoms with Crippen molar-refractivity contribution in [2.45, 2.75) is 11.8 Å². The molecule has 0 atom stereocenters. The second-order valence-corrected chi connectivity index (χ2v) is 4.64. The molecule has 0 amide bonds. The molecule has 14 heavy (non-hydrogen) atoms. The summed E-state index contributed by atoms with van der Waals surface area (Å²) < 4.78 is 1.02. The Morgan fingerprint density at radius 1 is 1.36 bits per heavy atom. The van der Waals surface area contributed by atoms with Crippen LogP contribution in [0.25, 0.3) is 0 Å². The summed E-state index contributed by atoms with van der Waals surface area (Å²) in [5.74, 6) is 0.133. The van der Waals surface area contributed by atoms with E-state index < -0.39 is 0 Å². The summed E-state index contributed by atoms with van der Waals surface area (Å²) in [6, 6.07) is 5.89. The SMILES string of the molecule is O=C(CCl)Cc1ccc(Br)cc1CBr. The zero-order valence-electron chi connectivity index (χ0n) is 7.40. The molecule has 1 aromatic rings. The maximum absolute atomic E-state index is 11.2. The Morgan fingerprint density at radius 2 is 2.07 bits per heavy atom. The van der Waals surface area contributed by atoms with Crippen molar-refractivity contribution in [2.75, 3.05) is 5.88 Å². The molecule has 76 valence electrons. The molecule has 0 aliphatic carbocycles. The lowest BCUT2D eigenvalue weighted by Crippen LogP contribution is -2.05. The third-order valence-electron chi connectivity index (χ3n) is 1.85. The highest BCUT2D eigenvalue weighted by Crippen LogP contribution is 2.19. The highest BCUT2D eigenvalue weighted by Gasteiger charge is 2.06. The maximum atomic E-state index is 11.2. The second-order valence-electron chi connectivity index (χ2n) is 2.90. The van der Waals surface area contributed by atoms with Gasteiger partial charge in [0.15, 0.2) is 5.78 Å². The summed E-state index contributed by atoms with van der Waals surface area (Å²) >= 11 is 12.2. The molecule has 1 aromatic carbocycles. The predicted molar refractivity (Wildman–Crippen MR) is 66.2 cm³/mol. The molecule has 0 saturated heterocycles. The molecule has 1 rings (SSSR count). The van der Waals surface area contributed by atoms with E-state index in [1.807, 2.05) is 18.2 Å². The molecule has 0 N–H and O–H groups in total. The van der Waals surface area contributed by atoms with Crippen molar-refractivity contribution in [3.63, 3.8) is 0 Å². The Kier molecular flexibility index (Phi) is 5.13. The molecule has 0 fully saturated rings. The van der Waals surface area contributed by atoms with E-state index in [0.29, 0.717) is 6.42 Å². The van der Waals surface area contributed by atoms with Crippen molar-refractivity contribution >= 4 is 49.2 Å². The zero-order chi connectivity index (χ0) is 10.6. The molecule has 0 aliphatic heterocycles. The van der Waals surface area contributed by atoms with E-state index in [1.54, 1.807) is 0 Å². The molecule has 0 unspecified atom stereocenters. The van der Waals surface area contributed by atoms with Gasteiger partial charge in [0.1, 0.15) is 0 Å². The highest BCUT2D eigenvalue weighted by atomic mass is 79.9. The van der Waals surface area contributed by atoms with Crippen LogP contribution in [0.4, 0.5) is 0 Å². The van der Waals surface area contributed by atoms with Crippen molar-refractivity contribution in [2.24, 2.45) is 0 Å². The number of ketones is 1. The number of carbonyl (C=O) groups excluding carboxylic acids is 1. The van der Waals surface area contributed by atoms with Gasteiger partial charge in [0.25, 0.3) is 0 Å². The fraction of sp³-hybridized carbons (Fsp3) is 0.300. The van der Waals surface area contributed by atoms with E-state index in [2.05, 4.69) is 31.9 Å².